The van der Waals surface area contributed by atoms with Crippen LogP contribution in [0.4, 0.5) is 22.0 Å². The van der Waals surface area contributed by atoms with Crippen LogP contribution in [-0.2, 0) is 9.53 Å². The van der Waals surface area contributed by atoms with E-state index in [4.69, 9.17) is 10.5 Å². The number of amides is 2. The average molecular weight is 326 g/mol. The number of ether oxygens (including phenoxy) is 1. The lowest BCUT2D eigenvalue weighted by atomic mass is 10.1. The standard InChI is InChI=1S/C17H18N4O3/c1-9-8-24-17(23)21(9)12-4-11-5-15(20-16(22)10-2-3-10)19-7-13(11)14(18)6-12/h4-7,9-10H,2-3,8,18H2,1H3,(H,19,20,22). The lowest BCUT2D eigenvalue weighted by Gasteiger charge is -2.19. The Morgan fingerprint density at radius 3 is 2.83 bits per heavy atom. The summed E-state index contributed by atoms with van der Waals surface area (Å²) < 4.78 is 5.07. The van der Waals surface area contributed by atoms with Crippen molar-refractivity contribution in [1.82, 2.24) is 4.98 Å². The minimum absolute atomic E-state index is 0.00252. The maximum atomic E-state index is 11.9. The summed E-state index contributed by atoms with van der Waals surface area (Å²) in [7, 11) is 0. The predicted molar refractivity (Wildman–Crippen MR) is 90.8 cm³/mol. The topological polar surface area (TPSA) is 97.6 Å². The summed E-state index contributed by atoms with van der Waals surface area (Å²) >= 11 is 0. The van der Waals surface area contributed by atoms with Gasteiger partial charge >= 0.3 is 6.09 Å². The van der Waals surface area contributed by atoms with Gasteiger partial charge in [0.15, 0.2) is 0 Å². The summed E-state index contributed by atoms with van der Waals surface area (Å²) in [6, 6.07) is 5.34. The maximum absolute atomic E-state index is 11.9. The molecule has 3 N–H and O–H groups in total. The molecule has 7 nitrogen and oxygen atoms in total. The van der Waals surface area contributed by atoms with Gasteiger partial charge in [-0.3, -0.25) is 9.69 Å². The Kier molecular flexibility index (Phi) is 3.30. The van der Waals surface area contributed by atoms with Crippen molar-refractivity contribution in [3.8, 4) is 0 Å². The Morgan fingerprint density at radius 2 is 2.17 bits per heavy atom. The second-order valence-electron chi connectivity index (χ2n) is 6.39. The molecule has 1 atom stereocenters. The highest BCUT2D eigenvalue weighted by molar-refractivity contribution is 6.01. The average Bonchev–Trinajstić information content (AvgIpc) is 3.33. The molecule has 2 aliphatic rings. The van der Waals surface area contributed by atoms with Gasteiger partial charge in [0.05, 0.1) is 11.7 Å². The SMILES string of the molecule is CC1COC(=O)N1c1cc(N)c2cnc(NC(=O)C3CC3)cc2c1. The first-order valence-electron chi connectivity index (χ1n) is 7.99. The fourth-order valence-corrected chi connectivity index (χ4v) is 2.93. The minimum Gasteiger partial charge on any atom is -0.447 e. The van der Waals surface area contributed by atoms with E-state index in [-0.39, 0.29) is 24.0 Å². The number of nitrogens with zero attached hydrogens (tertiary/aromatic N) is 2. The molecule has 24 heavy (non-hydrogen) atoms. The molecule has 2 fully saturated rings. The van der Waals surface area contributed by atoms with Crippen LogP contribution in [0.25, 0.3) is 10.8 Å². The Labute approximate surface area is 138 Å². The second kappa shape index (κ2) is 5.36. The number of carbonyl (C=O) groups excluding carboxylic acids is 2. The number of benzene rings is 1. The van der Waals surface area contributed by atoms with Crippen molar-refractivity contribution in [3.63, 3.8) is 0 Å². The highest BCUT2D eigenvalue weighted by Crippen LogP contribution is 2.33. The van der Waals surface area contributed by atoms with Crippen molar-refractivity contribution in [1.29, 1.82) is 0 Å². The monoisotopic (exact) mass is 326 g/mol. The lowest BCUT2D eigenvalue weighted by molar-refractivity contribution is -0.117. The van der Waals surface area contributed by atoms with Crippen LogP contribution in [0, 0.1) is 5.92 Å². The van der Waals surface area contributed by atoms with Gasteiger partial charge in [0, 0.05) is 23.2 Å². The van der Waals surface area contributed by atoms with E-state index in [9.17, 15) is 9.59 Å². The van der Waals surface area contributed by atoms with Gasteiger partial charge in [-0.05, 0) is 43.4 Å². The van der Waals surface area contributed by atoms with Crippen molar-refractivity contribution in [2.45, 2.75) is 25.8 Å². The molecule has 1 aliphatic carbocycles. The molecular weight excluding hydrogens is 308 g/mol. The number of aromatic nitrogens is 1. The molecule has 2 amide bonds. The van der Waals surface area contributed by atoms with Crippen LogP contribution in [0.15, 0.2) is 24.4 Å². The fraction of sp³-hybridized carbons (Fsp3) is 0.353. The number of nitrogen functional groups attached to an aromatic ring is 1. The van der Waals surface area contributed by atoms with Gasteiger partial charge in [0.2, 0.25) is 5.91 Å². The largest absolute Gasteiger partial charge is 0.447 e. The van der Waals surface area contributed by atoms with Gasteiger partial charge in [-0.2, -0.15) is 0 Å². The number of pyridine rings is 1. The van der Waals surface area contributed by atoms with Crippen LogP contribution in [0.1, 0.15) is 19.8 Å². The summed E-state index contributed by atoms with van der Waals surface area (Å²) in [4.78, 5) is 29.7. The molecule has 0 bridgehead atoms. The molecule has 7 heteroatoms. The molecule has 4 rings (SSSR count). The van der Waals surface area contributed by atoms with Gasteiger partial charge in [0.25, 0.3) is 0 Å². The number of rotatable bonds is 3. The van der Waals surface area contributed by atoms with E-state index in [1.165, 1.54) is 0 Å². The van der Waals surface area contributed by atoms with E-state index >= 15 is 0 Å². The number of fused-ring (bicyclic) bond motifs is 1. The molecule has 1 aromatic carbocycles. The van der Waals surface area contributed by atoms with Crippen LogP contribution in [0.3, 0.4) is 0 Å². The molecule has 2 aromatic rings. The van der Waals surface area contributed by atoms with Gasteiger partial charge in [0.1, 0.15) is 12.4 Å². The molecule has 2 heterocycles. The van der Waals surface area contributed by atoms with E-state index in [0.29, 0.717) is 23.8 Å². The van der Waals surface area contributed by atoms with Crippen LogP contribution in [0.5, 0.6) is 0 Å². The molecular formula is C17H18N4O3. The first-order chi connectivity index (χ1) is 11.5. The third-order valence-corrected chi connectivity index (χ3v) is 4.42. The van der Waals surface area contributed by atoms with Crippen LogP contribution >= 0.6 is 0 Å². The third-order valence-electron chi connectivity index (χ3n) is 4.42. The van der Waals surface area contributed by atoms with Gasteiger partial charge < -0.3 is 15.8 Å². The molecule has 0 spiro atoms. The normalized spacial score (nSPS) is 20.3. The molecule has 1 saturated carbocycles. The molecule has 124 valence electrons. The number of nitrogens with one attached hydrogen (secondary N) is 1. The number of cyclic esters (lactones) is 1. The van der Waals surface area contributed by atoms with Crippen molar-refractivity contribution >= 4 is 40.0 Å². The third kappa shape index (κ3) is 2.51. The van der Waals surface area contributed by atoms with Gasteiger partial charge in [-0.1, -0.05) is 0 Å². The van der Waals surface area contributed by atoms with Crippen molar-refractivity contribution in [2.75, 3.05) is 22.6 Å². The Morgan fingerprint density at radius 1 is 1.38 bits per heavy atom. The fourth-order valence-electron chi connectivity index (χ4n) is 2.93. The molecule has 1 saturated heterocycles. The Bertz CT molecular complexity index is 847. The zero-order valence-corrected chi connectivity index (χ0v) is 13.3. The Balaban J connectivity index is 1.71. The van der Waals surface area contributed by atoms with Crippen LogP contribution < -0.4 is 16.0 Å². The number of carbonyl (C=O) groups is 2. The molecule has 1 unspecified atom stereocenters. The van der Waals surface area contributed by atoms with Crippen molar-refractivity contribution in [3.05, 3.63) is 24.4 Å². The van der Waals surface area contributed by atoms with E-state index in [2.05, 4.69) is 10.3 Å². The second-order valence-corrected chi connectivity index (χ2v) is 6.39. The quantitative estimate of drug-likeness (QED) is 0.845. The van der Waals surface area contributed by atoms with Crippen molar-refractivity contribution < 1.29 is 14.3 Å². The predicted octanol–water partition coefficient (Wildman–Crippen LogP) is 2.51. The summed E-state index contributed by atoms with van der Waals surface area (Å²) in [5.74, 6) is 0.606. The summed E-state index contributed by atoms with van der Waals surface area (Å²) in [5, 5.41) is 4.42. The number of anilines is 3. The molecule has 1 aromatic heterocycles. The van der Waals surface area contributed by atoms with E-state index in [1.54, 1.807) is 23.2 Å². The highest BCUT2D eigenvalue weighted by Gasteiger charge is 2.32. The van der Waals surface area contributed by atoms with Crippen LogP contribution in [-0.4, -0.2) is 29.6 Å². The summed E-state index contributed by atoms with van der Waals surface area (Å²) in [6.07, 6.45) is 3.14. The number of hydrogen-bond acceptors (Lipinski definition) is 5. The summed E-state index contributed by atoms with van der Waals surface area (Å²) in [6.45, 7) is 2.27. The van der Waals surface area contributed by atoms with Gasteiger partial charge in [-0.15, -0.1) is 0 Å². The zero-order valence-electron chi connectivity index (χ0n) is 13.3. The molecule has 1 aliphatic heterocycles. The molecule has 0 radical (unpaired) electrons. The zero-order chi connectivity index (χ0) is 16.8. The first kappa shape index (κ1) is 14.7. The first-order valence-corrected chi connectivity index (χ1v) is 7.99. The van der Waals surface area contributed by atoms with E-state index in [0.717, 1.165) is 23.6 Å². The van der Waals surface area contributed by atoms with Crippen molar-refractivity contribution in [2.24, 2.45) is 5.92 Å². The van der Waals surface area contributed by atoms with Crippen LogP contribution in [0.2, 0.25) is 0 Å². The van der Waals surface area contributed by atoms with Gasteiger partial charge in [-0.25, -0.2) is 9.78 Å². The Hall–Kier alpha value is -2.83. The van der Waals surface area contributed by atoms with E-state index < -0.39 is 0 Å². The number of hydrogen-bond donors (Lipinski definition) is 2. The smallest absolute Gasteiger partial charge is 0.414 e. The van der Waals surface area contributed by atoms with E-state index in [1.807, 2.05) is 13.0 Å². The maximum Gasteiger partial charge on any atom is 0.414 e. The summed E-state index contributed by atoms with van der Waals surface area (Å²) in [5.41, 5.74) is 7.33. The lowest BCUT2D eigenvalue weighted by Crippen LogP contribution is -2.30. The highest BCUT2D eigenvalue weighted by atomic mass is 16.6. The minimum atomic E-state index is -0.377. The number of nitrogens with two attached hydrogens (primary N) is 1.